The van der Waals surface area contributed by atoms with Crippen molar-refractivity contribution in [2.24, 2.45) is 23.7 Å². The van der Waals surface area contributed by atoms with Crippen LogP contribution in [-0.4, -0.2) is 17.8 Å². The molecule has 2 bridgehead atoms. The molecule has 0 aliphatic heterocycles. The molecule has 6 nitrogen and oxygen atoms in total. The number of carbonyl (C=O) groups is 3. The molecule has 3 rings (SSSR count). The Labute approximate surface area is 127 Å². The fourth-order valence-corrected chi connectivity index (χ4v) is 3.96. The van der Waals surface area contributed by atoms with E-state index in [4.69, 9.17) is 0 Å². The van der Waals surface area contributed by atoms with Crippen LogP contribution in [0.3, 0.4) is 0 Å². The van der Waals surface area contributed by atoms with Crippen LogP contribution < -0.4 is 15.5 Å². The molecule has 0 radical (unpaired) electrons. The standard InChI is InChI=1S/C16H17NO5/c18-14(17-11-3-1-2-10(7-11)15(19)20)12-8-4-5-9(6-8)13(12)16(21)22/h1-3,7-9,12-13H,4-6H2,(H,17,18)(H,19,20)(H,21,22)/p-2/t8-,9-,12+,13-/m0/s1. The lowest BCUT2D eigenvalue weighted by molar-refractivity contribution is -0.314. The molecule has 2 aliphatic rings. The second-order valence-corrected chi connectivity index (χ2v) is 6.06. The summed E-state index contributed by atoms with van der Waals surface area (Å²) in [6.45, 7) is 0. The van der Waals surface area contributed by atoms with Crippen molar-refractivity contribution in [3.05, 3.63) is 29.8 Å². The van der Waals surface area contributed by atoms with Crippen molar-refractivity contribution in [2.45, 2.75) is 19.3 Å². The molecule has 22 heavy (non-hydrogen) atoms. The largest absolute Gasteiger partial charge is 0.550 e. The van der Waals surface area contributed by atoms with Gasteiger partial charge in [0.05, 0.1) is 5.97 Å². The fourth-order valence-electron chi connectivity index (χ4n) is 3.96. The summed E-state index contributed by atoms with van der Waals surface area (Å²) in [5, 5.41) is 24.8. The van der Waals surface area contributed by atoms with Crippen molar-refractivity contribution in [3.8, 4) is 0 Å². The maximum absolute atomic E-state index is 12.4. The Morgan fingerprint density at radius 2 is 1.73 bits per heavy atom. The maximum atomic E-state index is 12.4. The first kappa shape index (κ1) is 14.6. The predicted octanol–water partition coefficient (Wildman–Crippen LogP) is -0.599. The highest BCUT2D eigenvalue weighted by atomic mass is 16.4. The Morgan fingerprint density at radius 1 is 1.05 bits per heavy atom. The highest BCUT2D eigenvalue weighted by Crippen LogP contribution is 2.52. The Hall–Kier alpha value is -2.37. The first-order valence-electron chi connectivity index (χ1n) is 7.30. The Kier molecular flexibility index (Phi) is 3.60. The zero-order chi connectivity index (χ0) is 15.9. The van der Waals surface area contributed by atoms with Crippen LogP contribution in [0.5, 0.6) is 0 Å². The number of fused-ring (bicyclic) bond motifs is 2. The van der Waals surface area contributed by atoms with Gasteiger partial charge in [-0.2, -0.15) is 0 Å². The number of carbonyl (C=O) groups excluding carboxylic acids is 3. The van der Waals surface area contributed by atoms with Gasteiger partial charge in [-0.3, -0.25) is 4.79 Å². The third-order valence-electron chi connectivity index (χ3n) is 4.86. The minimum absolute atomic E-state index is 0.0142. The molecule has 2 aliphatic carbocycles. The van der Waals surface area contributed by atoms with Gasteiger partial charge >= 0.3 is 0 Å². The third kappa shape index (κ3) is 2.45. The zero-order valence-corrected chi connectivity index (χ0v) is 11.8. The summed E-state index contributed by atoms with van der Waals surface area (Å²) in [4.78, 5) is 34.6. The van der Waals surface area contributed by atoms with Crippen LogP contribution in [0, 0.1) is 23.7 Å². The monoisotopic (exact) mass is 301 g/mol. The molecule has 4 atom stereocenters. The molecule has 0 spiro atoms. The van der Waals surface area contributed by atoms with E-state index in [1.54, 1.807) is 6.07 Å². The Balaban J connectivity index is 1.78. The number of aliphatic carboxylic acids is 1. The summed E-state index contributed by atoms with van der Waals surface area (Å²) in [5.74, 6) is -4.15. The topological polar surface area (TPSA) is 109 Å². The first-order chi connectivity index (χ1) is 10.5. The average molecular weight is 301 g/mol. The molecule has 2 fully saturated rings. The van der Waals surface area contributed by atoms with E-state index in [2.05, 4.69) is 5.32 Å². The van der Waals surface area contributed by atoms with E-state index in [0.717, 1.165) is 19.3 Å². The highest BCUT2D eigenvalue weighted by Gasteiger charge is 2.51. The van der Waals surface area contributed by atoms with Gasteiger partial charge in [-0.05, 0) is 48.8 Å². The summed E-state index contributed by atoms with van der Waals surface area (Å²) in [6, 6.07) is 5.73. The van der Waals surface area contributed by atoms with E-state index < -0.39 is 23.8 Å². The first-order valence-corrected chi connectivity index (χ1v) is 7.30. The second-order valence-electron chi connectivity index (χ2n) is 6.06. The van der Waals surface area contributed by atoms with Crippen LogP contribution in [0.15, 0.2) is 24.3 Å². The number of aromatic carboxylic acids is 1. The van der Waals surface area contributed by atoms with Gasteiger partial charge in [-0.15, -0.1) is 0 Å². The molecule has 6 heteroatoms. The number of benzene rings is 1. The van der Waals surface area contributed by atoms with Gasteiger partial charge in [0.25, 0.3) is 0 Å². The normalized spacial score (nSPS) is 29.3. The van der Waals surface area contributed by atoms with Crippen molar-refractivity contribution in [1.29, 1.82) is 0 Å². The highest BCUT2D eigenvalue weighted by molar-refractivity contribution is 5.97. The molecule has 1 aromatic rings. The fraction of sp³-hybridized carbons (Fsp3) is 0.438. The van der Waals surface area contributed by atoms with E-state index >= 15 is 0 Å². The lowest BCUT2D eigenvalue weighted by Crippen LogP contribution is -2.43. The maximum Gasteiger partial charge on any atom is 0.228 e. The molecule has 1 N–H and O–H groups in total. The minimum atomic E-state index is -1.33. The molecule has 0 unspecified atom stereocenters. The number of rotatable bonds is 4. The van der Waals surface area contributed by atoms with Crippen LogP contribution in [-0.2, 0) is 9.59 Å². The summed E-state index contributed by atoms with van der Waals surface area (Å²) in [5.41, 5.74) is 0.286. The van der Waals surface area contributed by atoms with Gasteiger partial charge in [0, 0.05) is 23.5 Å². The summed E-state index contributed by atoms with van der Waals surface area (Å²) in [6.07, 6.45) is 2.43. The van der Waals surface area contributed by atoms with E-state index in [-0.39, 0.29) is 23.3 Å². The number of amides is 1. The van der Waals surface area contributed by atoms with Crippen molar-refractivity contribution in [2.75, 3.05) is 5.32 Å². The summed E-state index contributed by atoms with van der Waals surface area (Å²) < 4.78 is 0. The molecule has 0 aromatic heterocycles. The van der Waals surface area contributed by atoms with Crippen molar-refractivity contribution >= 4 is 23.5 Å². The van der Waals surface area contributed by atoms with Crippen LogP contribution in [0.25, 0.3) is 0 Å². The molecule has 1 amide bonds. The van der Waals surface area contributed by atoms with Gasteiger partial charge in [0.1, 0.15) is 0 Å². The van der Waals surface area contributed by atoms with E-state index in [1.165, 1.54) is 18.2 Å². The zero-order valence-electron chi connectivity index (χ0n) is 11.8. The number of hydrogen-bond donors (Lipinski definition) is 1. The van der Waals surface area contributed by atoms with Crippen LogP contribution in [0.1, 0.15) is 29.6 Å². The predicted molar refractivity (Wildman–Crippen MR) is 72.2 cm³/mol. The van der Waals surface area contributed by atoms with Crippen LogP contribution >= 0.6 is 0 Å². The molecule has 1 aromatic carbocycles. The van der Waals surface area contributed by atoms with E-state index in [0.29, 0.717) is 5.69 Å². The number of anilines is 1. The van der Waals surface area contributed by atoms with Crippen molar-refractivity contribution < 1.29 is 24.6 Å². The van der Waals surface area contributed by atoms with Crippen molar-refractivity contribution in [1.82, 2.24) is 0 Å². The quantitative estimate of drug-likeness (QED) is 0.798. The number of carboxylic acids is 2. The molecular weight excluding hydrogens is 286 g/mol. The Morgan fingerprint density at radius 3 is 2.36 bits per heavy atom. The van der Waals surface area contributed by atoms with Gasteiger partial charge in [-0.25, -0.2) is 0 Å². The lowest BCUT2D eigenvalue weighted by atomic mass is 9.78. The van der Waals surface area contributed by atoms with Gasteiger partial charge in [0.15, 0.2) is 0 Å². The lowest BCUT2D eigenvalue weighted by Gasteiger charge is -2.30. The van der Waals surface area contributed by atoms with Crippen molar-refractivity contribution in [3.63, 3.8) is 0 Å². The molecule has 116 valence electrons. The molecule has 0 heterocycles. The molecule has 0 saturated heterocycles. The SMILES string of the molecule is O=C([O-])c1cccc(NC(=O)[C@@H]2[C@H]3CC[C@@H](C3)[C@@H]2C(=O)[O-])c1. The molecular formula is C16H15NO5-2. The molecule has 2 saturated carbocycles. The average Bonchev–Trinajstić information content (AvgIpc) is 3.07. The number of nitrogens with one attached hydrogen (secondary N) is 1. The summed E-state index contributed by atoms with van der Waals surface area (Å²) in [7, 11) is 0. The number of carboxylic acid groups (broad SMARTS) is 2. The summed E-state index contributed by atoms with van der Waals surface area (Å²) >= 11 is 0. The Bertz CT molecular complexity index is 641. The van der Waals surface area contributed by atoms with Gasteiger partial charge in [0.2, 0.25) is 5.91 Å². The van der Waals surface area contributed by atoms with E-state index in [1.807, 2.05) is 0 Å². The van der Waals surface area contributed by atoms with E-state index in [9.17, 15) is 24.6 Å². The number of hydrogen-bond acceptors (Lipinski definition) is 5. The third-order valence-corrected chi connectivity index (χ3v) is 4.86. The second kappa shape index (κ2) is 5.44. The van der Waals surface area contributed by atoms with Gasteiger partial charge < -0.3 is 25.1 Å². The van der Waals surface area contributed by atoms with Crippen LogP contribution in [0.4, 0.5) is 5.69 Å². The minimum Gasteiger partial charge on any atom is -0.550 e. The van der Waals surface area contributed by atoms with Gasteiger partial charge in [-0.1, -0.05) is 12.1 Å². The van der Waals surface area contributed by atoms with Crippen LogP contribution in [0.2, 0.25) is 0 Å². The smallest absolute Gasteiger partial charge is 0.228 e.